The van der Waals surface area contributed by atoms with Gasteiger partial charge in [-0.1, -0.05) is 42.5 Å². The Balaban J connectivity index is 1.43. The van der Waals surface area contributed by atoms with Crippen LogP contribution >= 0.6 is 0 Å². The van der Waals surface area contributed by atoms with E-state index >= 15 is 0 Å². The van der Waals surface area contributed by atoms with Crippen molar-refractivity contribution in [3.05, 3.63) is 107 Å². The van der Waals surface area contributed by atoms with Crippen LogP contribution in [0.5, 0.6) is 0 Å². The number of hydrogen-bond acceptors (Lipinski definition) is 5. The SMILES string of the molecule is Cc1cc(C2=CC(C)(S(=O)(=O)n3cc(-c4ccc(C(=O)N(C)C)cc4)c4cccnc43)CC=C2)cc2c1CNCC2. The highest BCUT2D eigenvalue weighted by Crippen LogP contribution is 2.39. The summed E-state index contributed by atoms with van der Waals surface area (Å²) in [6, 6.07) is 15.3. The van der Waals surface area contributed by atoms with Crippen molar-refractivity contribution in [1.82, 2.24) is 19.2 Å². The molecule has 1 atom stereocenters. The molecule has 1 aliphatic carbocycles. The van der Waals surface area contributed by atoms with E-state index in [1.54, 1.807) is 45.5 Å². The minimum absolute atomic E-state index is 0.0881. The number of fused-ring (bicyclic) bond motifs is 2. The molecule has 1 aliphatic heterocycles. The normalized spacial score (nSPS) is 18.7. The molecule has 2 aromatic carbocycles. The number of nitrogens with zero attached hydrogens (tertiary/aromatic N) is 3. The zero-order valence-corrected chi connectivity index (χ0v) is 24.6. The van der Waals surface area contributed by atoms with E-state index in [4.69, 9.17) is 0 Å². The molecule has 7 nitrogen and oxygen atoms in total. The number of hydrogen-bond donors (Lipinski definition) is 1. The summed E-state index contributed by atoms with van der Waals surface area (Å²) in [5.41, 5.74) is 8.37. The van der Waals surface area contributed by atoms with Crippen LogP contribution in [0.25, 0.3) is 27.7 Å². The number of allylic oxidation sites excluding steroid dienone is 3. The van der Waals surface area contributed by atoms with Crippen LogP contribution < -0.4 is 5.32 Å². The first-order chi connectivity index (χ1) is 19.6. The molecule has 41 heavy (non-hydrogen) atoms. The predicted molar refractivity (Wildman–Crippen MR) is 164 cm³/mol. The summed E-state index contributed by atoms with van der Waals surface area (Å²) in [7, 11) is -0.493. The minimum Gasteiger partial charge on any atom is -0.345 e. The topological polar surface area (TPSA) is 84.3 Å². The monoisotopic (exact) mass is 566 g/mol. The molecular formula is C33H34N4O3S. The lowest BCUT2D eigenvalue weighted by Crippen LogP contribution is -2.38. The Morgan fingerprint density at radius 3 is 2.63 bits per heavy atom. The number of aryl methyl sites for hydroxylation is 1. The van der Waals surface area contributed by atoms with Crippen LogP contribution in [0.4, 0.5) is 0 Å². The summed E-state index contributed by atoms with van der Waals surface area (Å²) in [6.45, 7) is 5.73. The summed E-state index contributed by atoms with van der Waals surface area (Å²) in [6.07, 6.45) is 10.5. The van der Waals surface area contributed by atoms with Crippen LogP contribution in [0, 0.1) is 6.92 Å². The summed E-state index contributed by atoms with van der Waals surface area (Å²) in [5.74, 6) is -0.0881. The first-order valence-corrected chi connectivity index (χ1v) is 15.3. The maximum atomic E-state index is 14.4. The number of aromatic nitrogens is 2. The van der Waals surface area contributed by atoms with Crippen molar-refractivity contribution in [1.29, 1.82) is 0 Å². The second-order valence-electron chi connectivity index (χ2n) is 11.4. The average Bonchev–Trinajstić information content (AvgIpc) is 3.37. The predicted octanol–water partition coefficient (Wildman–Crippen LogP) is 5.34. The number of carbonyl (C=O) groups excluding carboxylic acids is 1. The molecule has 2 aromatic heterocycles. The van der Waals surface area contributed by atoms with E-state index in [9.17, 15) is 13.2 Å². The zero-order chi connectivity index (χ0) is 28.9. The Kier molecular flexibility index (Phi) is 6.71. The van der Waals surface area contributed by atoms with Gasteiger partial charge in [-0.2, -0.15) is 0 Å². The first kappa shape index (κ1) is 27.2. The number of nitrogens with one attached hydrogen (secondary N) is 1. The second-order valence-corrected chi connectivity index (χ2v) is 13.6. The Hall–Kier alpha value is -4.01. The van der Waals surface area contributed by atoms with Gasteiger partial charge in [0.05, 0.1) is 0 Å². The van der Waals surface area contributed by atoms with Crippen molar-refractivity contribution in [2.45, 2.75) is 38.0 Å². The number of amides is 1. The molecule has 0 saturated carbocycles. The van der Waals surface area contributed by atoms with E-state index in [1.807, 2.05) is 42.5 Å². The Bertz CT molecular complexity index is 1850. The third kappa shape index (κ3) is 4.61. The number of carbonyl (C=O) groups is 1. The van der Waals surface area contributed by atoms with Gasteiger partial charge in [0.15, 0.2) is 5.65 Å². The lowest BCUT2D eigenvalue weighted by molar-refractivity contribution is 0.0827. The molecule has 210 valence electrons. The lowest BCUT2D eigenvalue weighted by atomic mass is 9.88. The fourth-order valence-corrected chi connectivity index (χ4v) is 7.55. The number of rotatable bonds is 5. The molecule has 4 aromatic rings. The molecule has 0 saturated heterocycles. The highest BCUT2D eigenvalue weighted by atomic mass is 32.2. The van der Waals surface area contributed by atoms with Gasteiger partial charge in [0.2, 0.25) is 10.0 Å². The van der Waals surface area contributed by atoms with Crippen molar-refractivity contribution in [2.24, 2.45) is 0 Å². The molecule has 0 bridgehead atoms. The van der Waals surface area contributed by atoms with Gasteiger partial charge in [-0.25, -0.2) is 17.4 Å². The first-order valence-electron chi connectivity index (χ1n) is 13.9. The molecule has 8 heteroatoms. The number of pyridine rings is 1. The Labute approximate surface area is 241 Å². The van der Waals surface area contributed by atoms with E-state index in [1.165, 1.54) is 25.6 Å². The van der Waals surface area contributed by atoms with Gasteiger partial charge in [0.1, 0.15) is 4.75 Å². The Morgan fingerprint density at radius 2 is 1.88 bits per heavy atom. The molecule has 1 amide bonds. The van der Waals surface area contributed by atoms with Crippen LogP contribution in [0.3, 0.4) is 0 Å². The van der Waals surface area contributed by atoms with E-state index in [2.05, 4.69) is 29.4 Å². The molecular weight excluding hydrogens is 532 g/mol. The largest absolute Gasteiger partial charge is 0.345 e. The second kappa shape index (κ2) is 10.1. The maximum Gasteiger partial charge on any atom is 0.253 e. The van der Waals surface area contributed by atoms with E-state index < -0.39 is 14.8 Å². The highest BCUT2D eigenvalue weighted by molar-refractivity contribution is 7.91. The van der Waals surface area contributed by atoms with Gasteiger partial charge in [0.25, 0.3) is 5.91 Å². The molecule has 1 unspecified atom stereocenters. The van der Waals surface area contributed by atoms with Crippen molar-refractivity contribution in [2.75, 3.05) is 20.6 Å². The van der Waals surface area contributed by atoms with Gasteiger partial charge in [-0.15, -0.1) is 0 Å². The third-order valence-electron chi connectivity index (χ3n) is 8.28. The average molecular weight is 567 g/mol. The molecule has 0 fully saturated rings. The van der Waals surface area contributed by atoms with Gasteiger partial charge in [-0.05, 0) is 90.9 Å². The summed E-state index contributed by atoms with van der Waals surface area (Å²) >= 11 is 0. The van der Waals surface area contributed by atoms with E-state index in [0.29, 0.717) is 17.6 Å². The lowest BCUT2D eigenvalue weighted by Gasteiger charge is -2.29. The summed E-state index contributed by atoms with van der Waals surface area (Å²) < 4.78 is 29.1. The molecule has 3 heterocycles. The molecule has 0 radical (unpaired) electrons. The molecule has 6 rings (SSSR count). The van der Waals surface area contributed by atoms with Crippen LogP contribution in [0.2, 0.25) is 0 Å². The van der Waals surface area contributed by atoms with Crippen molar-refractivity contribution in [3.8, 4) is 11.1 Å². The summed E-state index contributed by atoms with van der Waals surface area (Å²) in [5, 5.41) is 4.18. The standard InChI is InChI=1S/C33H34N4O3S/c1-22-17-27(18-25-13-16-34-20-29(22)25)26-7-5-14-33(2,19-26)41(39,40)37-21-30(28-8-6-15-35-31(28)37)23-9-11-24(12-10-23)32(38)36(3)4/h5-12,15,17-19,21,34H,13-14,16,20H2,1-4H3. The van der Waals surface area contributed by atoms with Gasteiger partial charge in [0, 0.05) is 49.5 Å². The van der Waals surface area contributed by atoms with Gasteiger partial charge < -0.3 is 10.2 Å². The van der Waals surface area contributed by atoms with Crippen LogP contribution in [-0.4, -0.2) is 53.6 Å². The molecule has 0 spiro atoms. The third-order valence-corrected chi connectivity index (χ3v) is 10.5. The fraction of sp³-hybridized carbons (Fsp3) is 0.273. The van der Waals surface area contributed by atoms with Crippen molar-refractivity contribution < 1.29 is 13.2 Å². The van der Waals surface area contributed by atoms with E-state index in [0.717, 1.165) is 47.2 Å². The number of benzene rings is 2. The minimum atomic E-state index is -3.92. The maximum absolute atomic E-state index is 14.4. The van der Waals surface area contributed by atoms with Crippen LogP contribution in [0.1, 0.15) is 46.0 Å². The van der Waals surface area contributed by atoms with Crippen LogP contribution in [-0.2, 0) is 23.0 Å². The smallest absolute Gasteiger partial charge is 0.253 e. The van der Waals surface area contributed by atoms with Crippen molar-refractivity contribution in [3.63, 3.8) is 0 Å². The molecule has 1 N–H and O–H groups in total. The van der Waals surface area contributed by atoms with Gasteiger partial charge in [-0.3, -0.25) is 4.79 Å². The van der Waals surface area contributed by atoms with Crippen LogP contribution in [0.15, 0.2) is 79.2 Å². The van der Waals surface area contributed by atoms with Gasteiger partial charge >= 0.3 is 0 Å². The Morgan fingerprint density at radius 1 is 1.10 bits per heavy atom. The molecule has 2 aliphatic rings. The fourth-order valence-electron chi connectivity index (χ4n) is 5.90. The quantitative estimate of drug-likeness (QED) is 0.353. The zero-order valence-electron chi connectivity index (χ0n) is 23.8. The van der Waals surface area contributed by atoms with Crippen molar-refractivity contribution >= 4 is 32.5 Å². The summed E-state index contributed by atoms with van der Waals surface area (Å²) in [4.78, 5) is 18.4. The van der Waals surface area contributed by atoms with E-state index in [-0.39, 0.29) is 5.91 Å². The highest BCUT2D eigenvalue weighted by Gasteiger charge is 2.41.